The molecule has 112 valence electrons. The van der Waals surface area contributed by atoms with Crippen LogP contribution in [-0.4, -0.2) is 45.6 Å². The average Bonchev–Trinajstić information content (AvgIpc) is 2.34. The highest BCUT2D eigenvalue weighted by Crippen LogP contribution is 2.03. The number of aromatic amines is 2. The summed E-state index contributed by atoms with van der Waals surface area (Å²) >= 11 is 0. The lowest BCUT2D eigenvalue weighted by Gasteiger charge is -2.18. The molecule has 1 aromatic heterocycles. The van der Waals surface area contributed by atoms with Gasteiger partial charge in [-0.2, -0.15) is 0 Å². The molecule has 1 unspecified atom stereocenters. The summed E-state index contributed by atoms with van der Waals surface area (Å²) in [6.45, 7) is 3.77. The summed E-state index contributed by atoms with van der Waals surface area (Å²) in [5.41, 5.74) is -0.0950. The van der Waals surface area contributed by atoms with Crippen LogP contribution in [0.1, 0.15) is 31.0 Å². The van der Waals surface area contributed by atoms with E-state index in [-0.39, 0.29) is 18.7 Å². The molecule has 3 N–H and O–H groups in total. The number of hydrogen-bond acceptors (Lipinski definition) is 4. The van der Waals surface area contributed by atoms with Crippen molar-refractivity contribution in [3.05, 3.63) is 32.1 Å². The lowest BCUT2D eigenvalue weighted by Crippen LogP contribution is -2.31. The highest BCUT2D eigenvalue weighted by Gasteiger charge is 2.12. The van der Waals surface area contributed by atoms with Gasteiger partial charge in [-0.15, -0.1) is 0 Å². The summed E-state index contributed by atoms with van der Waals surface area (Å²) in [6, 6.07) is 0. The molecule has 0 radical (unpaired) electrons. The van der Waals surface area contributed by atoms with Crippen LogP contribution in [0.4, 0.5) is 0 Å². The van der Waals surface area contributed by atoms with E-state index in [1.165, 1.54) is 4.90 Å². The zero-order valence-corrected chi connectivity index (χ0v) is 12.0. The molecule has 7 heteroatoms. The van der Waals surface area contributed by atoms with Gasteiger partial charge < -0.3 is 15.0 Å². The predicted molar refractivity (Wildman–Crippen MR) is 74.7 cm³/mol. The third-order valence-corrected chi connectivity index (χ3v) is 3.15. The minimum absolute atomic E-state index is 0.101. The van der Waals surface area contributed by atoms with Gasteiger partial charge in [0.1, 0.15) is 0 Å². The van der Waals surface area contributed by atoms with Crippen molar-refractivity contribution in [3.63, 3.8) is 0 Å². The van der Waals surface area contributed by atoms with Crippen LogP contribution in [-0.2, 0) is 11.2 Å². The topological polar surface area (TPSA) is 106 Å². The van der Waals surface area contributed by atoms with E-state index in [2.05, 4.69) is 9.97 Å². The number of hydrogen-bond donors (Lipinski definition) is 3. The molecule has 0 bridgehead atoms. The van der Waals surface area contributed by atoms with Crippen molar-refractivity contribution < 1.29 is 9.90 Å². The Morgan fingerprint density at radius 1 is 1.35 bits per heavy atom. The van der Waals surface area contributed by atoms with Gasteiger partial charge in [-0.3, -0.25) is 14.6 Å². The fourth-order valence-corrected chi connectivity index (χ4v) is 1.85. The van der Waals surface area contributed by atoms with Crippen LogP contribution >= 0.6 is 0 Å². The van der Waals surface area contributed by atoms with Crippen LogP contribution in [0.3, 0.4) is 0 Å². The summed E-state index contributed by atoms with van der Waals surface area (Å²) in [5, 5.41) is 9.17. The molecule has 0 aliphatic rings. The molecule has 1 rings (SSSR count). The third-order valence-electron chi connectivity index (χ3n) is 3.15. The molecule has 1 atom stereocenters. The Hall–Kier alpha value is -1.89. The van der Waals surface area contributed by atoms with E-state index in [0.717, 1.165) is 0 Å². The number of aliphatic hydroxyl groups is 1. The van der Waals surface area contributed by atoms with Crippen LogP contribution in [0.25, 0.3) is 0 Å². The van der Waals surface area contributed by atoms with Crippen molar-refractivity contribution in [2.75, 3.05) is 13.6 Å². The Morgan fingerprint density at radius 2 is 2.00 bits per heavy atom. The normalized spacial score (nSPS) is 12.2. The van der Waals surface area contributed by atoms with Gasteiger partial charge in [0.2, 0.25) is 5.91 Å². The first-order valence-electron chi connectivity index (χ1n) is 6.55. The lowest BCUT2D eigenvalue weighted by atomic mass is 10.1. The summed E-state index contributed by atoms with van der Waals surface area (Å²) in [6.07, 6.45) is 0.525. The number of amides is 1. The Balaban J connectivity index is 2.61. The molecule has 0 saturated carbocycles. The van der Waals surface area contributed by atoms with E-state index in [0.29, 0.717) is 24.2 Å². The van der Waals surface area contributed by atoms with E-state index >= 15 is 0 Å². The number of aliphatic hydroxyl groups excluding tert-OH is 1. The monoisotopic (exact) mass is 283 g/mol. The standard InChI is InChI=1S/C13H21N3O4/c1-8(17)6-7-16(3)11(18)5-4-10-9(2)14-13(20)15-12(10)19/h8,17H,4-7H2,1-3H3,(H2,14,15,19,20). The van der Waals surface area contributed by atoms with Crippen molar-refractivity contribution >= 4 is 5.91 Å². The first kappa shape index (κ1) is 16.2. The Bertz CT molecular complexity index is 574. The largest absolute Gasteiger partial charge is 0.393 e. The first-order chi connectivity index (χ1) is 9.31. The van der Waals surface area contributed by atoms with Gasteiger partial charge in [-0.1, -0.05) is 0 Å². The Kier molecular flexibility index (Phi) is 5.69. The number of carbonyl (C=O) groups excluding carboxylic acids is 1. The number of aromatic nitrogens is 2. The molecule has 0 aliphatic heterocycles. The number of aryl methyl sites for hydroxylation is 1. The minimum Gasteiger partial charge on any atom is -0.393 e. The van der Waals surface area contributed by atoms with Gasteiger partial charge in [-0.05, 0) is 26.7 Å². The predicted octanol–water partition coefficient (Wildman–Crippen LogP) is -0.466. The number of rotatable bonds is 6. The fourth-order valence-electron chi connectivity index (χ4n) is 1.85. The van der Waals surface area contributed by atoms with Crippen molar-refractivity contribution in [1.29, 1.82) is 0 Å². The summed E-state index contributed by atoms with van der Waals surface area (Å²) in [5.74, 6) is -0.101. The second-order valence-corrected chi connectivity index (χ2v) is 4.96. The zero-order chi connectivity index (χ0) is 15.3. The van der Waals surface area contributed by atoms with Crippen LogP contribution < -0.4 is 11.2 Å². The van der Waals surface area contributed by atoms with Crippen molar-refractivity contribution in [3.8, 4) is 0 Å². The highest BCUT2D eigenvalue weighted by atomic mass is 16.3. The van der Waals surface area contributed by atoms with E-state index in [1.807, 2.05) is 0 Å². The molecular weight excluding hydrogens is 262 g/mol. The Morgan fingerprint density at radius 3 is 2.55 bits per heavy atom. The lowest BCUT2D eigenvalue weighted by molar-refractivity contribution is -0.130. The molecule has 20 heavy (non-hydrogen) atoms. The smallest absolute Gasteiger partial charge is 0.325 e. The van der Waals surface area contributed by atoms with Crippen LogP contribution in [0.2, 0.25) is 0 Å². The zero-order valence-electron chi connectivity index (χ0n) is 12.0. The summed E-state index contributed by atoms with van der Waals surface area (Å²) < 4.78 is 0. The second kappa shape index (κ2) is 7.04. The van der Waals surface area contributed by atoms with Crippen molar-refractivity contribution in [2.45, 2.75) is 39.2 Å². The molecule has 0 fully saturated rings. The molecule has 1 aromatic rings. The third kappa shape index (κ3) is 4.65. The van der Waals surface area contributed by atoms with Gasteiger partial charge >= 0.3 is 5.69 Å². The highest BCUT2D eigenvalue weighted by molar-refractivity contribution is 5.76. The number of nitrogens with one attached hydrogen (secondary N) is 2. The molecule has 7 nitrogen and oxygen atoms in total. The van der Waals surface area contributed by atoms with Gasteiger partial charge in [0, 0.05) is 31.3 Å². The Labute approximate surface area is 116 Å². The van der Waals surface area contributed by atoms with Gasteiger partial charge in [0.15, 0.2) is 0 Å². The average molecular weight is 283 g/mol. The molecule has 1 heterocycles. The maximum atomic E-state index is 11.9. The maximum Gasteiger partial charge on any atom is 0.325 e. The maximum absolute atomic E-state index is 11.9. The summed E-state index contributed by atoms with van der Waals surface area (Å²) in [4.78, 5) is 40.7. The van der Waals surface area contributed by atoms with Crippen LogP contribution in [0, 0.1) is 6.92 Å². The molecule has 0 saturated heterocycles. The van der Waals surface area contributed by atoms with Crippen LogP contribution in [0.5, 0.6) is 0 Å². The quantitative estimate of drug-likeness (QED) is 0.656. The molecule has 0 spiro atoms. The van der Waals surface area contributed by atoms with E-state index in [9.17, 15) is 19.5 Å². The fraction of sp³-hybridized carbons (Fsp3) is 0.615. The van der Waals surface area contributed by atoms with E-state index in [1.54, 1.807) is 20.9 Å². The van der Waals surface area contributed by atoms with E-state index < -0.39 is 17.4 Å². The number of H-pyrrole nitrogens is 2. The molecule has 0 aliphatic carbocycles. The van der Waals surface area contributed by atoms with Crippen molar-refractivity contribution in [1.82, 2.24) is 14.9 Å². The SMILES string of the molecule is Cc1[nH]c(=O)[nH]c(=O)c1CCC(=O)N(C)CCC(C)O. The van der Waals surface area contributed by atoms with Gasteiger partial charge in [-0.25, -0.2) is 4.79 Å². The summed E-state index contributed by atoms with van der Waals surface area (Å²) in [7, 11) is 1.66. The van der Waals surface area contributed by atoms with Crippen molar-refractivity contribution in [2.24, 2.45) is 0 Å². The number of carbonyl (C=O) groups is 1. The van der Waals surface area contributed by atoms with E-state index in [4.69, 9.17) is 0 Å². The van der Waals surface area contributed by atoms with Gasteiger partial charge in [0.25, 0.3) is 5.56 Å². The molecular formula is C13H21N3O4. The molecule has 1 amide bonds. The van der Waals surface area contributed by atoms with Crippen LogP contribution in [0.15, 0.2) is 9.59 Å². The minimum atomic E-state index is -0.545. The second-order valence-electron chi connectivity index (χ2n) is 4.96. The molecule has 0 aromatic carbocycles. The number of nitrogens with zero attached hydrogens (tertiary/aromatic N) is 1. The van der Waals surface area contributed by atoms with Gasteiger partial charge in [0.05, 0.1) is 6.10 Å². The first-order valence-corrected chi connectivity index (χ1v) is 6.55.